The summed E-state index contributed by atoms with van der Waals surface area (Å²) in [7, 11) is 0. The molecular formula is C15H19NO. The number of fused-ring (bicyclic) bond motifs is 1. The Hall–Kier alpha value is -1.28. The minimum absolute atomic E-state index is 0.601. The van der Waals surface area contributed by atoms with E-state index in [4.69, 9.17) is 0 Å². The van der Waals surface area contributed by atoms with Crippen LogP contribution in [0.2, 0.25) is 0 Å². The molecule has 0 unspecified atom stereocenters. The van der Waals surface area contributed by atoms with Crippen molar-refractivity contribution in [1.82, 2.24) is 4.98 Å². The van der Waals surface area contributed by atoms with Gasteiger partial charge in [-0.25, -0.2) is 0 Å². The molecular weight excluding hydrogens is 210 g/mol. The number of aliphatic hydroxyl groups is 1. The van der Waals surface area contributed by atoms with Crippen molar-refractivity contribution >= 4 is 10.9 Å². The number of hydrogen-bond acceptors (Lipinski definition) is 1. The number of nitrogens with one attached hydrogen (secondary N) is 1. The summed E-state index contributed by atoms with van der Waals surface area (Å²) in [5, 5.41) is 11.9. The van der Waals surface area contributed by atoms with Crippen molar-refractivity contribution in [3.05, 3.63) is 36.0 Å². The predicted molar refractivity (Wildman–Crippen MR) is 69.8 cm³/mol. The quantitative estimate of drug-likeness (QED) is 0.813. The van der Waals surface area contributed by atoms with Gasteiger partial charge in [-0.1, -0.05) is 26.0 Å². The fourth-order valence-electron chi connectivity index (χ4n) is 2.99. The molecule has 2 aromatic rings. The first kappa shape index (κ1) is 10.8. The fraction of sp³-hybridized carbons (Fsp3) is 0.467. The second-order valence-corrected chi connectivity index (χ2v) is 5.69. The van der Waals surface area contributed by atoms with E-state index < -0.39 is 5.60 Å². The summed E-state index contributed by atoms with van der Waals surface area (Å²) < 4.78 is 0. The lowest BCUT2D eigenvalue weighted by molar-refractivity contribution is -0.0922. The van der Waals surface area contributed by atoms with E-state index in [9.17, 15) is 5.11 Å². The molecule has 0 saturated heterocycles. The number of hydrogen-bond donors (Lipinski definition) is 2. The van der Waals surface area contributed by atoms with Crippen LogP contribution in [0.5, 0.6) is 0 Å². The first-order valence-corrected chi connectivity index (χ1v) is 6.39. The second kappa shape index (κ2) is 3.61. The highest BCUT2D eigenvalue weighted by Crippen LogP contribution is 2.50. The van der Waals surface area contributed by atoms with E-state index in [0.29, 0.717) is 11.8 Å². The second-order valence-electron chi connectivity index (χ2n) is 5.69. The van der Waals surface area contributed by atoms with Gasteiger partial charge >= 0.3 is 0 Å². The van der Waals surface area contributed by atoms with Crippen molar-refractivity contribution in [2.24, 2.45) is 11.8 Å². The van der Waals surface area contributed by atoms with Gasteiger partial charge in [0.25, 0.3) is 0 Å². The van der Waals surface area contributed by atoms with Crippen LogP contribution >= 0.6 is 0 Å². The van der Waals surface area contributed by atoms with Crippen molar-refractivity contribution in [2.45, 2.75) is 32.3 Å². The maximum atomic E-state index is 10.7. The van der Waals surface area contributed by atoms with Gasteiger partial charge < -0.3 is 10.1 Å². The van der Waals surface area contributed by atoms with Crippen molar-refractivity contribution in [1.29, 1.82) is 0 Å². The lowest BCUT2D eigenvalue weighted by Gasteiger charge is -2.46. The summed E-state index contributed by atoms with van der Waals surface area (Å²) in [6, 6.07) is 8.20. The molecule has 1 heterocycles. The summed E-state index contributed by atoms with van der Waals surface area (Å²) in [5.74, 6) is 1.33. The monoisotopic (exact) mass is 229 g/mol. The molecule has 90 valence electrons. The van der Waals surface area contributed by atoms with E-state index in [2.05, 4.69) is 37.0 Å². The highest BCUT2D eigenvalue weighted by atomic mass is 16.3. The van der Waals surface area contributed by atoms with Crippen LogP contribution in [0.4, 0.5) is 0 Å². The SMILES string of the molecule is CC(C)C1CC(O)(c2cccc3[nH]ccc23)C1. The van der Waals surface area contributed by atoms with Gasteiger partial charge in [-0.15, -0.1) is 0 Å². The zero-order chi connectivity index (χ0) is 12.0. The first-order chi connectivity index (χ1) is 8.10. The summed E-state index contributed by atoms with van der Waals surface area (Å²) in [6.45, 7) is 4.47. The van der Waals surface area contributed by atoms with Crippen molar-refractivity contribution in [3.63, 3.8) is 0 Å². The normalized spacial score (nSPS) is 28.6. The molecule has 2 N–H and O–H groups in total. The summed E-state index contributed by atoms with van der Waals surface area (Å²) in [6.07, 6.45) is 3.74. The smallest absolute Gasteiger partial charge is 0.0908 e. The molecule has 0 amide bonds. The predicted octanol–water partition coefficient (Wildman–Crippen LogP) is 3.42. The van der Waals surface area contributed by atoms with Crippen molar-refractivity contribution in [2.75, 3.05) is 0 Å². The number of aromatic nitrogens is 1. The van der Waals surface area contributed by atoms with Gasteiger partial charge in [-0.3, -0.25) is 0 Å². The minimum atomic E-state index is -0.601. The zero-order valence-electron chi connectivity index (χ0n) is 10.4. The molecule has 0 radical (unpaired) electrons. The van der Waals surface area contributed by atoms with Gasteiger partial charge in [-0.05, 0) is 42.4 Å². The lowest BCUT2D eigenvalue weighted by Crippen LogP contribution is -2.43. The molecule has 2 nitrogen and oxygen atoms in total. The topological polar surface area (TPSA) is 36.0 Å². The van der Waals surface area contributed by atoms with Gasteiger partial charge in [0.1, 0.15) is 0 Å². The molecule has 3 rings (SSSR count). The van der Waals surface area contributed by atoms with Gasteiger partial charge in [0.15, 0.2) is 0 Å². The van der Waals surface area contributed by atoms with Crippen LogP contribution < -0.4 is 0 Å². The molecule has 1 aliphatic carbocycles. The Labute approximate surface area is 102 Å². The summed E-state index contributed by atoms with van der Waals surface area (Å²) >= 11 is 0. The van der Waals surface area contributed by atoms with Crippen molar-refractivity contribution < 1.29 is 5.11 Å². The molecule has 0 atom stereocenters. The van der Waals surface area contributed by atoms with Gasteiger partial charge in [0, 0.05) is 17.1 Å². The maximum absolute atomic E-state index is 10.7. The van der Waals surface area contributed by atoms with E-state index in [1.165, 1.54) is 0 Å². The van der Waals surface area contributed by atoms with Crippen LogP contribution in [0.15, 0.2) is 30.5 Å². The highest BCUT2D eigenvalue weighted by Gasteiger charge is 2.45. The molecule has 1 aromatic carbocycles. The zero-order valence-corrected chi connectivity index (χ0v) is 10.4. The van der Waals surface area contributed by atoms with E-state index in [0.717, 1.165) is 29.3 Å². The fourth-order valence-corrected chi connectivity index (χ4v) is 2.99. The Morgan fingerprint density at radius 3 is 2.76 bits per heavy atom. The Morgan fingerprint density at radius 2 is 2.06 bits per heavy atom. The van der Waals surface area contributed by atoms with E-state index in [1.54, 1.807) is 0 Å². The molecule has 1 saturated carbocycles. The van der Waals surface area contributed by atoms with E-state index >= 15 is 0 Å². The molecule has 0 spiro atoms. The third-order valence-corrected chi connectivity index (χ3v) is 4.24. The average Bonchev–Trinajstić information content (AvgIpc) is 2.71. The third kappa shape index (κ3) is 1.59. The lowest BCUT2D eigenvalue weighted by atomic mass is 9.63. The van der Waals surface area contributed by atoms with Gasteiger partial charge in [0.05, 0.1) is 5.60 Å². The van der Waals surface area contributed by atoms with Crippen LogP contribution in [-0.4, -0.2) is 10.1 Å². The Morgan fingerprint density at radius 1 is 1.29 bits per heavy atom. The Kier molecular flexibility index (Phi) is 2.30. The molecule has 17 heavy (non-hydrogen) atoms. The number of aromatic amines is 1. The third-order valence-electron chi connectivity index (χ3n) is 4.24. The molecule has 1 aromatic heterocycles. The molecule has 0 bridgehead atoms. The van der Waals surface area contributed by atoms with Gasteiger partial charge in [0.2, 0.25) is 0 Å². The molecule has 1 fully saturated rings. The number of benzene rings is 1. The Bertz CT molecular complexity index is 535. The average molecular weight is 229 g/mol. The van der Waals surface area contributed by atoms with Crippen LogP contribution in [0.3, 0.4) is 0 Å². The minimum Gasteiger partial charge on any atom is -0.385 e. The molecule has 2 heteroatoms. The highest BCUT2D eigenvalue weighted by molar-refractivity contribution is 5.83. The van der Waals surface area contributed by atoms with Crippen LogP contribution in [0, 0.1) is 11.8 Å². The van der Waals surface area contributed by atoms with E-state index in [1.807, 2.05) is 12.3 Å². The van der Waals surface area contributed by atoms with E-state index in [-0.39, 0.29) is 0 Å². The standard InChI is InChI=1S/C15H19NO/c1-10(2)11-8-15(17,9-11)13-4-3-5-14-12(13)6-7-16-14/h3-7,10-11,16-17H,8-9H2,1-2H3. The summed E-state index contributed by atoms with van der Waals surface area (Å²) in [5.41, 5.74) is 1.61. The number of H-pyrrole nitrogens is 1. The maximum Gasteiger partial charge on any atom is 0.0908 e. The number of rotatable bonds is 2. The molecule has 0 aliphatic heterocycles. The first-order valence-electron chi connectivity index (χ1n) is 6.39. The molecule has 1 aliphatic rings. The largest absolute Gasteiger partial charge is 0.385 e. The van der Waals surface area contributed by atoms with Gasteiger partial charge in [-0.2, -0.15) is 0 Å². The summed E-state index contributed by atoms with van der Waals surface area (Å²) in [4.78, 5) is 3.20. The van der Waals surface area contributed by atoms with Crippen molar-refractivity contribution in [3.8, 4) is 0 Å². The van der Waals surface area contributed by atoms with Crippen LogP contribution in [0.1, 0.15) is 32.3 Å². The van der Waals surface area contributed by atoms with Crippen LogP contribution in [0.25, 0.3) is 10.9 Å². The van der Waals surface area contributed by atoms with Crippen LogP contribution in [-0.2, 0) is 5.60 Å². The Balaban J connectivity index is 1.97.